The Balaban J connectivity index is 2.54. The highest BCUT2D eigenvalue weighted by molar-refractivity contribution is 9.10. The van der Waals surface area contributed by atoms with Crippen LogP contribution in [-0.4, -0.2) is 28.2 Å². The summed E-state index contributed by atoms with van der Waals surface area (Å²) in [6, 6.07) is 0. The molecule has 0 aliphatic carbocycles. The zero-order chi connectivity index (χ0) is 11.3. The number of nitrogen functional groups attached to an aromatic ring is 1. The summed E-state index contributed by atoms with van der Waals surface area (Å²) in [7, 11) is 0. The summed E-state index contributed by atoms with van der Waals surface area (Å²) in [5.41, 5.74) is 5.61. The van der Waals surface area contributed by atoms with E-state index in [4.69, 9.17) is 10.8 Å². The third-order valence-corrected chi connectivity index (χ3v) is 2.84. The summed E-state index contributed by atoms with van der Waals surface area (Å²) >= 11 is 3.31. The fourth-order valence-corrected chi connectivity index (χ4v) is 1.44. The van der Waals surface area contributed by atoms with E-state index in [2.05, 4.69) is 38.1 Å². The molecule has 0 saturated heterocycles. The summed E-state index contributed by atoms with van der Waals surface area (Å²) < 4.78 is 0.682. The zero-order valence-corrected chi connectivity index (χ0v) is 10.2. The summed E-state index contributed by atoms with van der Waals surface area (Å²) in [6.45, 7) is 3.01. The molecule has 0 spiro atoms. The smallest absolute Gasteiger partial charge is 0.145 e. The van der Waals surface area contributed by atoms with Crippen LogP contribution >= 0.6 is 15.9 Å². The molecule has 1 aromatic heterocycles. The summed E-state index contributed by atoms with van der Waals surface area (Å²) in [5, 5.41) is 11.9. The van der Waals surface area contributed by atoms with Crippen LogP contribution in [0.4, 0.5) is 11.6 Å². The molecule has 0 bridgehead atoms. The van der Waals surface area contributed by atoms with Gasteiger partial charge in [0.2, 0.25) is 0 Å². The molecule has 1 heterocycles. The SMILES string of the molecule is CC(CCO)CNc1ncnc(N)c1Br. The first-order valence-electron chi connectivity index (χ1n) is 4.75. The molecule has 1 atom stereocenters. The lowest BCUT2D eigenvalue weighted by Gasteiger charge is -2.12. The first kappa shape index (κ1) is 12.2. The van der Waals surface area contributed by atoms with E-state index >= 15 is 0 Å². The van der Waals surface area contributed by atoms with Gasteiger partial charge in [0, 0.05) is 13.2 Å². The van der Waals surface area contributed by atoms with Crippen LogP contribution in [0.1, 0.15) is 13.3 Å². The minimum Gasteiger partial charge on any atom is -0.396 e. The van der Waals surface area contributed by atoms with Gasteiger partial charge in [0.25, 0.3) is 0 Å². The van der Waals surface area contributed by atoms with Gasteiger partial charge in [-0.2, -0.15) is 0 Å². The van der Waals surface area contributed by atoms with Crippen molar-refractivity contribution >= 4 is 27.6 Å². The van der Waals surface area contributed by atoms with E-state index < -0.39 is 0 Å². The van der Waals surface area contributed by atoms with Crippen molar-refractivity contribution in [2.75, 3.05) is 24.2 Å². The fourth-order valence-electron chi connectivity index (χ4n) is 1.10. The molecule has 4 N–H and O–H groups in total. The van der Waals surface area contributed by atoms with Crippen molar-refractivity contribution in [1.29, 1.82) is 0 Å². The minimum atomic E-state index is 0.204. The minimum absolute atomic E-state index is 0.204. The summed E-state index contributed by atoms with van der Waals surface area (Å²) in [4.78, 5) is 7.90. The monoisotopic (exact) mass is 274 g/mol. The van der Waals surface area contributed by atoms with E-state index in [9.17, 15) is 0 Å². The van der Waals surface area contributed by atoms with Gasteiger partial charge in [0.1, 0.15) is 22.4 Å². The molecule has 0 saturated carbocycles. The maximum absolute atomic E-state index is 8.75. The molecule has 1 aromatic rings. The van der Waals surface area contributed by atoms with Gasteiger partial charge in [-0.1, -0.05) is 6.92 Å². The second-order valence-electron chi connectivity index (χ2n) is 3.42. The van der Waals surface area contributed by atoms with Crippen LogP contribution < -0.4 is 11.1 Å². The Bertz CT molecular complexity index is 321. The Morgan fingerprint density at radius 2 is 2.33 bits per heavy atom. The van der Waals surface area contributed by atoms with Gasteiger partial charge in [-0.25, -0.2) is 9.97 Å². The van der Waals surface area contributed by atoms with Crippen LogP contribution in [0.25, 0.3) is 0 Å². The molecule has 0 aliphatic heterocycles. The highest BCUT2D eigenvalue weighted by Gasteiger charge is 2.07. The standard InChI is InChI=1S/C9H15BrN4O/c1-6(2-3-15)4-12-9-7(10)8(11)13-5-14-9/h5-6,15H,2-4H2,1H3,(H3,11,12,13,14). The molecule has 0 amide bonds. The largest absolute Gasteiger partial charge is 0.396 e. The molecule has 84 valence electrons. The van der Waals surface area contributed by atoms with Crippen molar-refractivity contribution in [3.8, 4) is 0 Å². The molecule has 6 heteroatoms. The summed E-state index contributed by atoms with van der Waals surface area (Å²) in [5.74, 6) is 1.49. The lowest BCUT2D eigenvalue weighted by atomic mass is 10.1. The number of nitrogens with one attached hydrogen (secondary N) is 1. The third-order valence-electron chi connectivity index (χ3n) is 2.06. The van der Waals surface area contributed by atoms with Gasteiger partial charge < -0.3 is 16.2 Å². The normalized spacial score (nSPS) is 12.5. The Morgan fingerprint density at radius 3 is 3.00 bits per heavy atom. The number of nitrogens with two attached hydrogens (primary N) is 1. The van der Waals surface area contributed by atoms with E-state index in [1.54, 1.807) is 0 Å². The molecular weight excluding hydrogens is 260 g/mol. The van der Waals surface area contributed by atoms with Crippen molar-refractivity contribution in [2.45, 2.75) is 13.3 Å². The Labute approximate surface area is 97.2 Å². The van der Waals surface area contributed by atoms with Gasteiger partial charge >= 0.3 is 0 Å². The Morgan fingerprint density at radius 1 is 1.60 bits per heavy atom. The average molecular weight is 275 g/mol. The number of hydrogen-bond donors (Lipinski definition) is 3. The molecule has 1 unspecified atom stereocenters. The third kappa shape index (κ3) is 3.64. The maximum atomic E-state index is 8.75. The lowest BCUT2D eigenvalue weighted by molar-refractivity contribution is 0.266. The van der Waals surface area contributed by atoms with E-state index in [1.165, 1.54) is 6.33 Å². The van der Waals surface area contributed by atoms with Gasteiger partial charge in [-0.3, -0.25) is 0 Å². The van der Waals surface area contributed by atoms with Gasteiger partial charge in [0.15, 0.2) is 0 Å². The maximum Gasteiger partial charge on any atom is 0.145 e. The van der Waals surface area contributed by atoms with Crippen LogP contribution in [-0.2, 0) is 0 Å². The van der Waals surface area contributed by atoms with Crippen LogP contribution in [0.15, 0.2) is 10.8 Å². The Hall–Kier alpha value is -0.880. The molecule has 0 fully saturated rings. The number of aliphatic hydroxyl groups excluding tert-OH is 1. The number of halogens is 1. The zero-order valence-electron chi connectivity index (χ0n) is 8.57. The van der Waals surface area contributed by atoms with Gasteiger partial charge in [-0.05, 0) is 28.3 Å². The number of aliphatic hydroxyl groups is 1. The van der Waals surface area contributed by atoms with Crippen LogP contribution in [0.5, 0.6) is 0 Å². The number of aromatic nitrogens is 2. The second-order valence-corrected chi connectivity index (χ2v) is 4.21. The lowest BCUT2D eigenvalue weighted by Crippen LogP contribution is -2.14. The molecule has 0 aliphatic rings. The highest BCUT2D eigenvalue weighted by atomic mass is 79.9. The van der Waals surface area contributed by atoms with Gasteiger partial charge in [0.05, 0.1) is 0 Å². The van der Waals surface area contributed by atoms with Crippen molar-refractivity contribution in [3.63, 3.8) is 0 Å². The van der Waals surface area contributed by atoms with Crippen molar-refractivity contribution in [2.24, 2.45) is 5.92 Å². The van der Waals surface area contributed by atoms with Crippen molar-refractivity contribution in [3.05, 3.63) is 10.8 Å². The molecule has 5 nitrogen and oxygen atoms in total. The van der Waals surface area contributed by atoms with Crippen LogP contribution in [0, 0.1) is 5.92 Å². The van der Waals surface area contributed by atoms with E-state index in [-0.39, 0.29) is 6.61 Å². The predicted molar refractivity (Wildman–Crippen MR) is 63.5 cm³/mol. The van der Waals surface area contributed by atoms with Crippen LogP contribution in [0.3, 0.4) is 0 Å². The molecule has 1 rings (SSSR count). The van der Waals surface area contributed by atoms with Crippen LogP contribution in [0.2, 0.25) is 0 Å². The fraction of sp³-hybridized carbons (Fsp3) is 0.556. The highest BCUT2D eigenvalue weighted by Crippen LogP contribution is 2.24. The first-order chi connectivity index (χ1) is 7.15. The first-order valence-corrected chi connectivity index (χ1v) is 5.55. The van der Waals surface area contributed by atoms with E-state index in [0.717, 1.165) is 13.0 Å². The number of rotatable bonds is 5. The topological polar surface area (TPSA) is 84.1 Å². The van der Waals surface area contributed by atoms with Crippen molar-refractivity contribution < 1.29 is 5.11 Å². The average Bonchev–Trinajstić information content (AvgIpc) is 2.21. The Kier molecular flexibility index (Phi) is 4.77. The quantitative estimate of drug-likeness (QED) is 0.753. The summed E-state index contributed by atoms with van der Waals surface area (Å²) in [6.07, 6.45) is 2.18. The second kappa shape index (κ2) is 5.87. The number of hydrogen-bond acceptors (Lipinski definition) is 5. The predicted octanol–water partition coefficient (Wildman–Crippen LogP) is 1.25. The molecule has 0 radical (unpaired) electrons. The molecular formula is C9H15BrN4O. The van der Waals surface area contributed by atoms with Crippen molar-refractivity contribution in [1.82, 2.24) is 9.97 Å². The number of nitrogens with zero attached hydrogens (tertiary/aromatic N) is 2. The molecule has 15 heavy (non-hydrogen) atoms. The van der Waals surface area contributed by atoms with E-state index in [1.807, 2.05) is 0 Å². The number of anilines is 2. The van der Waals surface area contributed by atoms with Gasteiger partial charge in [-0.15, -0.1) is 0 Å². The molecule has 0 aromatic carbocycles. The van der Waals surface area contributed by atoms with E-state index in [0.29, 0.717) is 22.0 Å².